The summed E-state index contributed by atoms with van der Waals surface area (Å²) in [5.41, 5.74) is 5.15. The van der Waals surface area contributed by atoms with Crippen molar-refractivity contribution in [3.63, 3.8) is 0 Å². The van der Waals surface area contributed by atoms with Gasteiger partial charge in [0.2, 0.25) is 0 Å². The van der Waals surface area contributed by atoms with Gasteiger partial charge in [0, 0.05) is 34.5 Å². The summed E-state index contributed by atoms with van der Waals surface area (Å²) in [5.74, 6) is 1.40. The normalized spacial score (nSPS) is 13.0. The molecule has 0 bridgehead atoms. The zero-order valence-corrected chi connectivity index (χ0v) is 19.7. The van der Waals surface area contributed by atoms with Crippen LogP contribution in [0.1, 0.15) is 34.1 Å². The molecule has 0 fully saturated rings. The number of nitrogens with zero attached hydrogens (tertiary/aromatic N) is 4. The SMILES string of the molecule is CCOC(=O)c1cnc(-c2cccc(C)c2)nc1N1CCc2c(noc2-c2ccc(Cl)cc2)C1. The van der Waals surface area contributed by atoms with Gasteiger partial charge in [0.05, 0.1) is 13.2 Å². The van der Waals surface area contributed by atoms with Crippen LogP contribution in [0, 0.1) is 6.92 Å². The Morgan fingerprint density at radius 2 is 2.00 bits per heavy atom. The molecule has 0 spiro atoms. The predicted octanol–water partition coefficient (Wildman–Crippen LogP) is 5.50. The lowest BCUT2D eigenvalue weighted by Crippen LogP contribution is -2.32. The Labute approximate surface area is 202 Å². The Morgan fingerprint density at radius 1 is 1.18 bits per heavy atom. The van der Waals surface area contributed by atoms with E-state index in [9.17, 15) is 4.79 Å². The monoisotopic (exact) mass is 474 g/mol. The molecular formula is C26H23ClN4O3. The number of ether oxygens (including phenoxy) is 1. The minimum absolute atomic E-state index is 0.274. The maximum Gasteiger partial charge on any atom is 0.343 e. The fourth-order valence-corrected chi connectivity index (χ4v) is 4.26. The highest BCUT2D eigenvalue weighted by Gasteiger charge is 2.29. The summed E-state index contributed by atoms with van der Waals surface area (Å²) in [4.78, 5) is 24.0. The molecule has 5 rings (SSSR count). The molecule has 34 heavy (non-hydrogen) atoms. The van der Waals surface area contributed by atoms with Crippen LogP contribution < -0.4 is 4.90 Å². The Bertz CT molecular complexity index is 1350. The van der Waals surface area contributed by atoms with E-state index < -0.39 is 5.97 Å². The number of carbonyl (C=O) groups is 1. The fourth-order valence-electron chi connectivity index (χ4n) is 4.13. The highest BCUT2D eigenvalue weighted by molar-refractivity contribution is 6.30. The minimum atomic E-state index is -0.443. The Hall–Kier alpha value is -3.71. The average Bonchev–Trinajstić information content (AvgIpc) is 3.27. The minimum Gasteiger partial charge on any atom is -0.462 e. The molecule has 1 aliphatic heterocycles. The van der Waals surface area contributed by atoms with Gasteiger partial charge in [0.25, 0.3) is 0 Å². The summed E-state index contributed by atoms with van der Waals surface area (Å²) >= 11 is 6.03. The molecular weight excluding hydrogens is 452 g/mol. The summed E-state index contributed by atoms with van der Waals surface area (Å²) in [5, 5.41) is 4.99. The van der Waals surface area contributed by atoms with Gasteiger partial charge in [0.15, 0.2) is 11.6 Å². The summed E-state index contributed by atoms with van der Waals surface area (Å²) in [6, 6.07) is 15.5. The molecule has 4 aromatic rings. The van der Waals surface area contributed by atoms with Crippen molar-refractivity contribution in [2.45, 2.75) is 26.8 Å². The lowest BCUT2D eigenvalue weighted by atomic mass is 10.0. The second-order valence-corrected chi connectivity index (χ2v) is 8.57. The van der Waals surface area contributed by atoms with Crippen LogP contribution >= 0.6 is 11.6 Å². The molecule has 0 saturated heterocycles. The van der Waals surface area contributed by atoms with Crippen molar-refractivity contribution in [2.24, 2.45) is 0 Å². The van der Waals surface area contributed by atoms with Gasteiger partial charge in [-0.15, -0.1) is 0 Å². The van der Waals surface area contributed by atoms with Crippen molar-refractivity contribution >= 4 is 23.4 Å². The number of aryl methyl sites for hydroxylation is 1. The molecule has 0 N–H and O–H groups in total. The molecule has 2 aromatic carbocycles. The number of rotatable bonds is 5. The van der Waals surface area contributed by atoms with Gasteiger partial charge >= 0.3 is 5.97 Å². The lowest BCUT2D eigenvalue weighted by molar-refractivity contribution is 0.0526. The van der Waals surface area contributed by atoms with E-state index in [4.69, 9.17) is 25.8 Å². The Balaban J connectivity index is 1.51. The molecule has 0 radical (unpaired) electrons. The molecule has 172 valence electrons. The van der Waals surface area contributed by atoms with Crippen LogP contribution in [0.5, 0.6) is 0 Å². The van der Waals surface area contributed by atoms with Gasteiger partial charge in [-0.3, -0.25) is 0 Å². The number of hydrogen-bond acceptors (Lipinski definition) is 7. The highest BCUT2D eigenvalue weighted by atomic mass is 35.5. The van der Waals surface area contributed by atoms with Crippen molar-refractivity contribution in [3.05, 3.63) is 82.1 Å². The van der Waals surface area contributed by atoms with Crippen LogP contribution in [0.15, 0.2) is 59.3 Å². The maximum absolute atomic E-state index is 12.7. The maximum atomic E-state index is 12.7. The van der Waals surface area contributed by atoms with Gasteiger partial charge in [-0.25, -0.2) is 14.8 Å². The zero-order chi connectivity index (χ0) is 23.7. The summed E-state index contributed by atoms with van der Waals surface area (Å²) in [6.07, 6.45) is 2.25. The van der Waals surface area contributed by atoms with E-state index in [0.29, 0.717) is 41.7 Å². The van der Waals surface area contributed by atoms with Crippen LogP contribution in [0.2, 0.25) is 5.02 Å². The number of hydrogen-bond donors (Lipinski definition) is 0. The molecule has 3 heterocycles. The van der Waals surface area contributed by atoms with Gasteiger partial charge in [0.1, 0.15) is 17.1 Å². The highest BCUT2D eigenvalue weighted by Crippen LogP contribution is 2.33. The molecule has 0 atom stereocenters. The van der Waals surface area contributed by atoms with Crippen molar-refractivity contribution < 1.29 is 14.1 Å². The summed E-state index contributed by atoms with van der Waals surface area (Å²) in [7, 11) is 0. The first kappa shape index (κ1) is 22.1. The smallest absolute Gasteiger partial charge is 0.343 e. The fraction of sp³-hybridized carbons (Fsp3) is 0.231. The zero-order valence-electron chi connectivity index (χ0n) is 18.9. The van der Waals surface area contributed by atoms with E-state index in [1.54, 1.807) is 13.1 Å². The van der Waals surface area contributed by atoms with E-state index in [-0.39, 0.29) is 6.61 Å². The average molecular weight is 475 g/mol. The van der Waals surface area contributed by atoms with Crippen molar-refractivity contribution in [1.29, 1.82) is 0 Å². The molecule has 2 aromatic heterocycles. The second kappa shape index (κ2) is 9.27. The number of anilines is 1. The van der Waals surface area contributed by atoms with Crippen molar-refractivity contribution in [1.82, 2.24) is 15.1 Å². The van der Waals surface area contributed by atoms with E-state index in [1.165, 1.54) is 0 Å². The summed E-state index contributed by atoms with van der Waals surface area (Å²) in [6.45, 7) is 5.18. The predicted molar refractivity (Wildman–Crippen MR) is 130 cm³/mol. The van der Waals surface area contributed by atoms with Crippen LogP contribution in [-0.4, -0.2) is 34.2 Å². The molecule has 0 amide bonds. The van der Waals surface area contributed by atoms with Crippen LogP contribution in [-0.2, 0) is 17.7 Å². The van der Waals surface area contributed by atoms with Gasteiger partial charge in [-0.05, 0) is 50.6 Å². The molecule has 7 nitrogen and oxygen atoms in total. The van der Waals surface area contributed by atoms with Gasteiger partial charge < -0.3 is 14.2 Å². The van der Waals surface area contributed by atoms with Crippen LogP contribution in [0.3, 0.4) is 0 Å². The first-order valence-corrected chi connectivity index (χ1v) is 11.5. The van der Waals surface area contributed by atoms with Gasteiger partial charge in [-0.1, -0.05) is 40.5 Å². The molecule has 8 heteroatoms. The quantitative estimate of drug-likeness (QED) is 0.353. The second-order valence-electron chi connectivity index (χ2n) is 8.14. The molecule has 0 unspecified atom stereocenters. The number of halogens is 1. The molecule has 1 aliphatic rings. The molecule has 0 aliphatic carbocycles. The first-order valence-electron chi connectivity index (χ1n) is 11.1. The number of aromatic nitrogens is 3. The summed E-state index contributed by atoms with van der Waals surface area (Å²) < 4.78 is 11.0. The van der Waals surface area contributed by atoms with E-state index in [2.05, 4.69) is 10.1 Å². The lowest BCUT2D eigenvalue weighted by Gasteiger charge is -2.28. The third-order valence-corrected chi connectivity index (χ3v) is 6.04. The van der Waals surface area contributed by atoms with Crippen LogP contribution in [0.4, 0.5) is 5.82 Å². The number of carbonyl (C=O) groups excluding carboxylic acids is 1. The standard InChI is InChI=1S/C26H23ClN4O3/c1-3-33-26(32)21-14-28-24(18-6-4-5-16(2)13-18)29-25(21)31-12-11-20-22(15-31)30-34-23(20)17-7-9-19(27)10-8-17/h4-10,13-14H,3,11-12,15H2,1-2H3. The first-order chi connectivity index (χ1) is 16.5. The number of esters is 1. The number of benzene rings is 2. The van der Waals surface area contributed by atoms with E-state index in [0.717, 1.165) is 33.7 Å². The Morgan fingerprint density at radius 3 is 2.76 bits per heavy atom. The van der Waals surface area contributed by atoms with E-state index >= 15 is 0 Å². The largest absolute Gasteiger partial charge is 0.462 e. The third kappa shape index (κ3) is 4.26. The van der Waals surface area contributed by atoms with Gasteiger partial charge in [-0.2, -0.15) is 0 Å². The van der Waals surface area contributed by atoms with Crippen molar-refractivity contribution in [2.75, 3.05) is 18.1 Å². The number of fused-ring (bicyclic) bond motifs is 1. The third-order valence-electron chi connectivity index (χ3n) is 5.79. The topological polar surface area (TPSA) is 81.4 Å². The Kier molecular flexibility index (Phi) is 6.02. The van der Waals surface area contributed by atoms with E-state index in [1.807, 2.05) is 60.4 Å². The van der Waals surface area contributed by atoms with Crippen LogP contribution in [0.25, 0.3) is 22.7 Å². The van der Waals surface area contributed by atoms with Crippen molar-refractivity contribution in [3.8, 4) is 22.7 Å². The molecule has 0 saturated carbocycles.